The fourth-order valence-electron chi connectivity index (χ4n) is 2.02. The van der Waals surface area contributed by atoms with Gasteiger partial charge >= 0.3 is 0 Å². The number of rotatable bonds is 6. The van der Waals surface area contributed by atoms with Crippen molar-refractivity contribution in [1.29, 1.82) is 0 Å². The summed E-state index contributed by atoms with van der Waals surface area (Å²) in [4.78, 5) is 2.54. The Morgan fingerprint density at radius 1 is 1.46 bits per heavy atom. The molecule has 13 heavy (non-hydrogen) atoms. The third-order valence-electron chi connectivity index (χ3n) is 2.76. The lowest BCUT2D eigenvalue weighted by molar-refractivity contribution is 0.104. The Labute approximate surface area is 81.2 Å². The predicted octanol–water partition coefficient (Wildman–Crippen LogP) is 0.836. The zero-order valence-corrected chi connectivity index (χ0v) is 8.67. The predicted molar refractivity (Wildman–Crippen MR) is 54.8 cm³/mol. The summed E-state index contributed by atoms with van der Waals surface area (Å²) >= 11 is 0. The van der Waals surface area contributed by atoms with Crippen LogP contribution in [0, 0.1) is 0 Å². The SMILES string of the molecule is CCC1CCCN1CCOCCN. The molecule has 78 valence electrons. The van der Waals surface area contributed by atoms with E-state index in [1.165, 1.54) is 25.8 Å². The van der Waals surface area contributed by atoms with Crippen LogP contribution in [-0.4, -0.2) is 43.8 Å². The molecule has 1 aliphatic heterocycles. The summed E-state index contributed by atoms with van der Waals surface area (Å²) in [6, 6.07) is 0.807. The number of hydrogen-bond donors (Lipinski definition) is 1. The number of ether oxygens (including phenoxy) is 1. The van der Waals surface area contributed by atoms with Crippen molar-refractivity contribution in [1.82, 2.24) is 4.90 Å². The van der Waals surface area contributed by atoms with Crippen molar-refractivity contribution < 1.29 is 4.74 Å². The van der Waals surface area contributed by atoms with Crippen LogP contribution in [0.4, 0.5) is 0 Å². The average molecular weight is 186 g/mol. The van der Waals surface area contributed by atoms with Crippen LogP contribution < -0.4 is 5.73 Å². The van der Waals surface area contributed by atoms with Crippen molar-refractivity contribution in [3.05, 3.63) is 0 Å². The summed E-state index contributed by atoms with van der Waals surface area (Å²) < 4.78 is 5.37. The molecule has 0 aromatic carbocycles. The van der Waals surface area contributed by atoms with Crippen molar-refractivity contribution in [3.63, 3.8) is 0 Å². The molecule has 0 aromatic rings. The van der Waals surface area contributed by atoms with Gasteiger partial charge in [-0.2, -0.15) is 0 Å². The van der Waals surface area contributed by atoms with Crippen LogP contribution in [0.3, 0.4) is 0 Å². The number of nitrogens with zero attached hydrogens (tertiary/aromatic N) is 1. The molecule has 0 radical (unpaired) electrons. The first-order chi connectivity index (χ1) is 6.38. The average Bonchev–Trinajstić information content (AvgIpc) is 2.60. The van der Waals surface area contributed by atoms with Crippen LogP contribution in [-0.2, 0) is 4.74 Å². The van der Waals surface area contributed by atoms with Crippen LogP contribution >= 0.6 is 0 Å². The molecule has 1 rings (SSSR count). The Morgan fingerprint density at radius 3 is 3.00 bits per heavy atom. The van der Waals surface area contributed by atoms with Crippen LogP contribution in [0.5, 0.6) is 0 Å². The minimum Gasteiger partial charge on any atom is -0.379 e. The maximum Gasteiger partial charge on any atom is 0.0594 e. The van der Waals surface area contributed by atoms with Crippen molar-refractivity contribution >= 4 is 0 Å². The first-order valence-corrected chi connectivity index (χ1v) is 5.40. The second-order valence-corrected chi connectivity index (χ2v) is 3.64. The normalized spacial score (nSPS) is 24.0. The molecule has 0 aromatic heterocycles. The van der Waals surface area contributed by atoms with Crippen molar-refractivity contribution in [2.75, 3.05) is 32.8 Å². The smallest absolute Gasteiger partial charge is 0.0594 e. The summed E-state index contributed by atoms with van der Waals surface area (Å²) in [6.07, 6.45) is 4.00. The summed E-state index contributed by atoms with van der Waals surface area (Å²) in [7, 11) is 0. The fourth-order valence-corrected chi connectivity index (χ4v) is 2.02. The van der Waals surface area contributed by atoms with E-state index in [2.05, 4.69) is 11.8 Å². The van der Waals surface area contributed by atoms with Crippen LogP contribution in [0.1, 0.15) is 26.2 Å². The molecule has 0 spiro atoms. The standard InChI is InChI=1S/C10H22N2O/c1-2-10-4-3-6-12(10)7-9-13-8-5-11/h10H,2-9,11H2,1H3. The topological polar surface area (TPSA) is 38.5 Å². The molecule has 3 nitrogen and oxygen atoms in total. The highest BCUT2D eigenvalue weighted by molar-refractivity contribution is 4.77. The minimum absolute atomic E-state index is 0.636. The van der Waals surface area contributed by atoms with E-state index < -0.39 is 0 Å². The fraction of sp³-hybridized carbons (Fsp3) is 1.00. The van der Waals surface area contributed by atoms with Gasteiger partial charge < -0.3 is 10.5 Å². The lowest BCUT2D eigenvalue weighted by Gasteiger charge is -2.22. The molecular formula is C10H22N2O. The maximum atomic E-state index is 5.37. The van der Waals surface area contributed by atoms with E-state index in [0.717, 1.165) is 19.2 Å². The lowest BCUT2D eigenvalue weighted by Crippen LogP contribution is -2.32. The zero-order valence-electron chi connectivity index (χ0n) is 8.67. The van der Waals surface area contributed by atoms with E-state index >= 15 is 0 Å². The summed E-state index contributed by atoms with van der Waals surface area (Å²) in [6.45, 7) is 6.78. The van der Waals surface area contributed by atoms with Gasteiger partial charge in [0, 0.05) is 19.1 Å². The van der Waals surface area contributed by atoms with Gasteiger partial charge in [0.15, 0.2) is 0 Å². The van der Waals surface area contributed by atoms with Gasteiger partial charge in [-0.05, 0) is 25.8 Å². The molecule has 0 amide bonds. The monoisotopic (exact) mass is 186 g/mol. The van der Waals surface area contributed by atoms with Gasteiger partial charge in [0.25, 0.3) is 0 Å². The molecule has 1 unspecified atom stereocenters. The molecule has 2 N–H and O–H groups in total. The highest BCUT2D eigenvalue weighted by atomic mass is 16.5. The molecule has 3 heteroatoms. The first-order valence-electron chi connectivity index (χ1n) is 5.40. The van der Waals surface area contributed by atoms with Crippen molar-refractivity contribution in [2.45, 2.75) is 32.2 Å². The van der Waals surface area contributed by atoms with E-state index in [1.807, 2.05) is 0 Å². The van der Waals surface area contributed by atoms with Gasteiger partial charge in [-0.15, -0.1) is 0 Å². The van der Waals surface area contributed by atoms with Gasteiger partial charge in [-0.25, -0.2) is 0 Å². The zero-order chi connectivity index (χ0) is 9.52. The van der Waals surface area contributed by atoms with E-state index in [9.17, 15) is 0 Å². The molecule has 1 fully saturated rings. The Balaban J connectivity index is 2.06. The summed E-state index contributed by atoms with van der Waals surface area (Å²) in [5.41, 5.74) is 5.34. The molecule has 1 saturated heterocycles. The maximum absolute atomic E-state index is 5.37. The van der Waals surface area contributed by atoms with E-state index in [1.54, 1.807) is 0 Å². The molecular weight excluding hydrogens is 164 g/mol. The van der Waals surface area contributed by atoms with E-state index in [-0.39, 0.29) is 0 Å². The first kappa shape index (κ1) is 11.0. The van der Waals surface area contributed by atoms with E-state index in [4.69, 9.17) is 10.5 Å². The van der Waals surface area contributed by atoms with Gasteiger partial charge in [-0.1, -0.05) is 6.92 Å². The minimum atomic E-state index is 0.636. The van der Waals surface area contributed by atoms with Gasteiger partial charge in [-0.3, -0.25) is 4.90 Å². The highest BCUT2D eigenvalue weighted by Gasteiger charge is 2.21. The lowest BCUT2D eigenvalue weighted by atomic mass is 10.2. The Bertz CT molecular complexity index is 130. The quantitative estimate of drug-likeness (QED) is 0.625. The Kier molecular flexibility index (Phi) is 5.35. The van der Waals surface area contributed by atoms with Crippen molar-refractivity contribution in [2.24, 2.45) is 5.73 Å². The second kappa shape index (κ2) is 6.35. The third-order valence-corrected chi connectivity index (χ3v) is 2.76. The van der Waals surface area contributed by atoms with Crippen LogP contribution in [0.15, 0.2) is 0 Å². The van der Waals surface area contributed by atoms with Gasteiger partial charge in [0.05, 0.1) is 13.2 Å². The van der Waals surface area contributed by atoms with E-state index in [0.29, 0.717) is 13.2 Å². The molecule has 1 heterocycles. The number of nitrogens with two attached hydrogens (primary N) is 1. The largest absolute Gasteiger partial charge is 0.379 e. The second-order valence-electron chi connectivity index (χ2n) is 3.64. The number of likely N-dealkylation sites (tertiary alicyclic amines) is 1. The third kappa shape index (κ3) is 3.63. The van der Waals surface area contributed by atoms with Gasteiger partial charge in [0.2, 0.25) is 0 Å². The molecule has 0 saturated carbocycles. The number of hydrogen-bond acceptors (Lipinski definition) is 3. The molecule has 1 aliphatic rings. The van der Waals surface area contributed by atoms with Crippen LogP contribution in [0.25, 0.3) is 0 Å². The van der Waals surface area contributed by atoms with Crippen molar-refractivity contribution in [3.8, 4) is 0 Å². The summed E-state index contributed by atoms with van der Waals surface area (Å²) in [5, 5.41) is 0. The molecule has 1 atom stereocenters. The van der Waals surface area contributed by atoms with Crippen LogP contribution in [0.2, 0.25) is 0 Å². The highest BCUT2D eigenvalue weighted by Crippen LogP contribution is 2.18. The van der Waals surface area contributed by atoms with Gasteiger partial charge in [0.1, 0.15) is 0 Å². The molecule has 0 bridgehead atoms. The Hall–Kier alpha value is -0.120. The Morgan fingerprint density at radius 2 is 2.31 bits per heavy atom. The summed E-state index contributed by atoms with van der Waals surface area (Å²) in [5.74, 6) is 0. The molecule has 0 aliphatic carbocycles.